The third-order valence-corrected chi connectivity index (χ3v) is 4.15. The van der Waals surface area contributed by atoms with Crippen LogP contribution in [-0.4, -0.2) is 36.9 Å². The molecule has 1 atom stereocenters. The van der Waals surface area contributed by atoms with Crippen molar-refractivity contribution in [2.24, 2.45) is 0 Å². The fourth-order valence-corrected chi connectivity index (χ4v) is 3.07. The highest BCUT2D eigenvalue weighted by atomic mass is 35.5. The molecule has 0 unspecified atom stereocenters. The number of carbonyl (C=O) groups excluding carboxylic acids is 2. The summed E-state index contributed by atoms with van der Waals surface area (Å²) in [6.45, 7) is 5.39. The highest BCUT2D eigenvalue weighted by Crippen LogP contribution is 2.35. The number of hydrogen-bond acceptors (Lipinski definition) is 6. The zero-order valence-electron chi connectivity index (χ0n) is 15.3. The smallest absolute Gasteiger partial charge is 0.344 e. The number of benzene rings is 1. The molecule has 1 aromatic rings. The summed E-state index contributed by atoms with van der Waals surface area (Å²) in [7, 11) is 0. The second-order valence-corrected chi connectivity index (χ2v) is 6.41. The first-order chi connectivity index (χ1) is 12.9. The summed E-state index contributed by atoms with van der Waals surface area (Å²) >= 11 is 11.4. The maximum atomic E-state index is 12.5. The van der Waals surface area contributed by atoms with E-state index in [0.717, 1.165) is 0 Å². The molecule has 1 aromatic carbocycles. The highest BCUT2D eigenvalue weighted by Gasteiger charge is 2.33. The molecular formula is C18H21ClN2O5S. The van der Waals surface area contributed by atoms with Gasteiger partial charge in [0.1, 0.15) is 5.75 Å². The van der Waals surface area contributed by atoms with Gasteiger partial charge < -0.3 is 24.8 Å². The number of halogens is 1. The summed E-state index contributed by atoms with van der Waals surface area (Å²) in [6, 6.07) is 4.27. The molecule has 0 spiro atoms. The Hall–Kier alpha value is -2.32. The number of thiocarbonyl (C=S) groups is 1. The third kappa shape index (κ3) is 5.33. The van der Waals surface area contributed by atoms with Crippen molar-refractivity contribution in [3.63, 3.8) is 0 Å². The van der Waals surface area contributed by atoms with Crippen molar-refractivity contribution in [3.05, 3.63) is 40.1 Å². The van der Waals surface area contributed by atoms with Crippen molar-refractivity contribution in [1.29, 1.82) is 0 Å². The first-order valence-electron chi connectivity index (χ1n) is 8.40. The SMILES string of the molecule is CCOC(=O)COc1ccc(Cl)cc1[C@H]1NC(=S)NC(C)=C1C(=O)OCC. The number of allylic oxidation sites excluding steroid dienone is 1. The number of ether oxygens (including phenoxy) is 3. The number of rotatable bonds is 7. The molecule has 9 heteroatoms. The van der Waals surface area contributed by atoms with Crippen LogP contribution < -0.4 is 15.4 Å². The lowest BCUT2D eigenvalue weighted by molar-refractivity contribution is -0.145. The van der Waals surface area contributed by atoms with Gasteiger partial charge in [-0.2, -0.15) is 0 Å². The normalized spacial score (nSPS) is 16.3. The number of esters is 2. The molecule has 0 aromatic heterocycles. The van der Waals surface area contributed by atoms with Gasteiger partial charge in [-0.25, -0.2) is 9.59 Å². The second-order valence-electron chi connectivity index (χ2n) is 5.57. The van der Waals surface area contributed by atoms with E-state index in [0.29, 0.717) is 32.7 Å². The molecule has 0 radical (unpaired) electrons. The predicted molar refractivity (Wildman–Crippen MR) is 105 cm³/mol. The van der Waals surface area contributed by atoms with Crippen molar-refractivity contribution in [2.75, 3.05) is 19.8 Å². The average molecular weight is 413 g/mol. The van der Waals surface area contributed by atoms with E-state index in [1.54, 1.807) is 39.0 Å². The van der Waals surface area contributed by atoms with Crippen molar-refractivity contribution >= 4 is 40.9 Å². The summed E-state index contributed by atoms with van der Waals surface area (Å²) < 4.78 is 15.7. The van der Waals surface area contributed by atoms with Gasteiger partial charge in [-0.3, -0.25) is 0 Å². The van der Waals surface area contributed by atoms with Crippen LogP contribution in [0.5, 0.6) is 5.75 Å². The Balaban J connectivity index is 2.42. The van der Waals surface area contributed by atoms with Crippen LogP contribution in [0.4, 0.5) is 0 Å². The average Bonchev–Trinajstić information content (AvgIpc) is 2.60. The Morgan fingerprint density at radius 1 is 1.22 bits per heavy atom. The van der Waals surface area contributed by atoms with Crippen LogP contribution in [0.15, 0.2) is 29.5 Å². The third-order valence-electron chi connectivity index (χ3n) is 3.70. The lowest BCUT2D eigenvalue weighted by atomic mass is 9.95. The van der Waals surface area contributed by atoms with Crippen LogP contribution in [0.3, 0.4) is 0 Å². The first kappa shape index (κ1) is 21.0. The van der Waals surface area contributed by atoms with Crippen molar-refractivity contribution in [3.8, 4) is 5.75 Å². The lowest BCUT2D eigenvalue weighted by Gasteiger charge is -2.30. The number of nitrogens with one attached hydrogen (secondary N) is 2. The van der Waals surface area contributed by atoms with Gasteiger partial charge >= 0.3 is 11.9 Å². The lowest BCUT2D eigenvalue weighted by Crippen LogP contribution is -2.45. The Morgan fingerprint density at radius 3 is 2.59 bits per heavy atom. The molecule has 0 amide bonds. The molecule has 27 heavy (non-hydrogen) atoms. The maximum absolute atomic E-state index is 12.5. The van der Waals surface area contributed by atoms with Gasteiger partial charge in [0.25, 0.3) is 0 Å². The molecule has 0 bridgehead atoms. The molecular weight excluding hydrogens is 392 g/mol. The monoisotopic (exact) mass is 412 g/mol. The van der Waals surface area contributed by atoms with Crippen molar-refractivity contribution < 1.29 is 23.8 Å². The molecule has 0 saturated heterocycles. The van der Waals surface area contributed by atoms with Crippen LogP contribution in [0.1, 0.15) is 32.4 Å². The number of carbonyl (C=O) groups is 2. The fourth-order valence-electron chi connectivity index (χ4n) is 2.62. The summed E-state index contributed by atoms with van der Waals surface area (Å²) in [4.78, 5) is 24.1. The molecule has 0 fully saturated rings. The molecule has 1 heterocycles. The topological polar surface area (TPSA) is 85.9 Å². The molecule has 146 valence electrons. The molecule has 0 aliphatic carbocycles. The Labute approximate surface area is 168 Å². The van der Waals surface area contributed by atoms with Crippen LogP contribution in [0.25, 0.3) is 0 Å². The maximum Gasteiger partial charge on any atom is 0.344 e. The quantitative estimate of drug-likeness (QED) is 0.522. The Morgan fingerprint density at radius 2 is 1.93 bits per heavy atom. The van der Waals surface area contributed by atoms with Gasteiger partial charge in [-0.05, 0) is 51.2 Å². The summed E-state index contributed by atoms with van der Waals surface area (Å²) in [5.74, 6) is -0.604. The van der Waals surface area contributed by atoms with Gasteiger partial charge in [0.2, 0.25) is 0 Å². The van der Waals surface area contributed by atoms with Gasteiger partial charge in [0.05, 0.1) is 24.8 Å². The van der Waals surface area contributed by atoms with Gasteiger partial charge in [0, 0.05) is 16.3 Å². The van der Waals surface area contributed by atoms with E-state index in [9.17, 15) is 9.59 Å². The van der Waals surface area contributed by atoms with E-state index in [2.05, 4.69) is 10.6 Å². The molecule has 7 nitrogen and oxygen atoms in total. The van der Waals surface area contributed by atoms with E-state index >= 15 is 0 Å². The van der Waals surface area contributed by atoms with Crippen LogP contribution in [0, 0.1) is 0 Å². The molecule has 2 rings (SSSR count). The Bertz CT molecular complexity index is 781. The summed E-state index contributed by atoms with van der Waals surface area (Å²) in [5, 5.41) is 6.75. The minimum atomic E-state index is -0.645. The van der Waals surface area contributed by atoms with Crippen LogP contribution >= 0.6 is 23.8 Å². The minimum absolute atomic E-state index is 0.231. The largest absolute Gasteiger partial charge is 0.482 e. The fraction of sp³-hybridized carbons (Fsp3) is 0.389. The molecule has 2 N–H and O–H groups in total. The number of hydrogen-bond donors (Lipinski definition) is 2. The zero-order chi connectivity index (χ0) is 20.0. The van der Waals surface area contributed by atoms with Gasteiger partial charge in [-0.15, -0.1) is 0 Å². The van der Waals surface area contributed by atoms with Gasteiger partial charge in [0.15, 0.2) is 11.7 Å². The molecule has 1 aliphatic heterocycles. The zero-order valence-corrected chi connectivity index (χ0v) is 16.8. The van der Waals surface area contributed by atoms with Crippen LogP contribution in [0.2, 0.25) is 5.02 Å². The van der Waals surface area contributed by atoms with Crippen molar-refractivity contribution in [1.82, 2.24) is 10.6 Å². The van der Waals surface area contributed by atoms with Crippen molar-refractivity contribution in [2.45, 2.75) is 26.8 Å². The minimum Gasteiger partial charge on any atom is -0.482 e. The summed E-state index contributed by atoms with van der Waals surface area (Å²) in [6.07, 6.45) is 0. The van der Waals surface area contributed by atoms with E-state index in [-0.39, 0.29) is 19.8 Å². The summed E-state index contributed by atoms with van der Waals surface area (Å²) in [5.41, 5.74) is 1.48. The van der Waals surface area contributed by atoms with E-state index in [4.69, 9.17) is 38.0 Å². The Kier molecular flexibility index (Phi) is 7.44. The highest BCUT2D eigenvalue weighted by molar-refractivity contribution is 7.80. The first-order valence-corrected chi connectivity index (χ1v) is 9.19. The standard InChI is InChI=1S/C18H21ClN2O5S/c1-4-24-14(22)9-26-13-7-6-11(19)8-12(13)16-15(17(23)25-5-2)10(3)20-18(27)21-16/h6-8,16H,4-5,9H2,1-3H3,(H2,20,21,27)/t16-/m1/s1. The predicted octanol–water partition coefficient (Wildman–Crippen LogP) is 2.64. The van der Waals surface area contributed by atoms with E-state index in [1.807, 2.05) is 0 Å². The molecule has 1 aliphatic rings. The second kappa shape index (κ2) is 9.57. The molecule has 0 saturated carbocycles. The van der Waals surface area contributed by atoms with E-state index in [1.165, 1.54) is 0 Å². The van der Waals surface area contributed by atoms with Gasteiger partial charge in [-0.1, -0.05) is 11.6 Å². The van der Waals surface area contributed by atoms with Crippen LogP contribution in [-0.2, 0) is 19.1 Å². The van der Waals surface area contributed by atoms with E-state index < -0.39 is 18.0 Å².